The van der Waals surface area contributed by atoms with Crippen molar-refractivity contribution in [1.29, 1.82) is 0 Å². The van der Waals surface area contributed by atoms with Crippen molar-refractivity contribution in [3.63, 3.8) is 0 Å². The fourth-order valence-corrected chi connectivity index (χ4v) is 23.6. The van der Waals surface area contributed by atoms with Gasteiger partial charge in [-0.05, 0) is 535 Å². The molecule has 0 N–H and O–H groups in total. The Kier molecular flexibility index (Phi) is 20.5. The standard InChI is InChI=1S/2C36H26.2C32H24/c2*1-5-7-31-33-17-27-13-23-9-21(3)11-25(23)15-29(27)19-35(33)32(8-6-2)36-20-30-16-26-12-22(4)10-24(26)14-28(30)18-34(31)36;2*1-5-7-27-29-15-23-11-20(4)12-24(23)16-30(29)28(8-6-2)32-18-26-14-22-10-19(3)9-21(22)13-25(26)17-31(27)32/h9,12-20H,10-11H2,1-4H3;9-10,13-20H,11-12H2,1-4H3;9,12-18H,10-11H2,1-4H3;9,11,13-18H,10,12H2,1-4H3. The van der Waals surface area contributed by atoms with E-state index >= 15 is 0 Å². The van der Waals surface area contributed by atoms with Crippen molar-refractivity contribution in [2.24, 2.45) is 0 Å². The van der Waals surface area contributed by atoms with Gasteiger partial charge in [-0.25, -0.2) is 0 Å². The van der Waals surface area contributed by atoms with Gasteiger partial charge >= 0.3 is 0 Å². The second-order valence-corrected chi connectivity index (χ2v) is 39.3. The van der Waals surface area contributed by atoms with Crippen LogP contribution in [0.2, 0.25) is 0 Å². The maximum atomic E-state index is 3.49. The lowest BCUT2D eigenvalue weighted by Crippen LogP contribution is -1.94. The van der Waals surface area contributed by atoms with E-state index in [-0.39, 0.29) is 0 Å². The Balaban J connectivity index is 0.000000102. The van der Waals surface area contributed by atoms with Gasteiger partial charge in [-0.1, -0.05) is 177 Å². The SMILES string of the molecule is CC#Cc1c2cc3c(cc2c(C#CC)c2cc4cc5c(cc4cc12)C=C(C)C5)CC(C)=C3.CC#Cc1c2cc3c(cc2c(C#CC)c2cc4cc5c(cc4cc12)CC(C)=C5)CC(C)=C3.CC#Cc1c2cc3cc4c(cc3cc2c(C#CC)c2cc3cc5c(cc3cc12)C=C(C)C5)CC(C)=C4.CC#Cc1c2cc3cc4c(cc3cc2c(C#CC)c2cc3cc5c(cc3cc12)CC(C)=C5)CC(C)=C4. The summed E-state index contributed by atoms with van der Waals surface area (Å²) in [5.41, 5.74) is 42.3. The molecule has 18 aromatic carbocycles. The van der Waals surface area contributed by atoms with E-state index in [0.29, 0.717) is 0 Å². The molecule has 8 aliphatic rings. The molecular weight excluding hydrogens is 1630 g/mol. The van der Waals surface area contributed by atoms with Crippen molar-refractivity contribution in [2.45, 2.75) is 162 Å². The van der Waals surface area contributed by atoms with Crippen LogP contribution in [-0.2, 0) is 51.4 Å². The van der Waals surface area contributed by atoms with Gasteiger partial charge in [-0.2, -0.15) is 0 Å². The topological polar surface area (TPSA) is 0 Å². The molecule has 0 bridgehead atoms. The van der Waals surface area contributed by atoms with Gasteiger partial charge < -0.3 is 0 Å². The molecule has 0 spiro atoms. The Bertz CT molecular complexity index is 9380. The van der Waals surface area contributed by atoms with Crippen molar-refractivity contribution < 1.29 is 0 Å². The van der Waals surface area contributed by atoms with Crippen LogP contribution in [0.3, 0.4) is 0 Å². The summed E-state index contributed by atoms with van der Waals surface area (Å²) in [7, 11) is 0. The fraction of sp³-hybridized carbons (Fsp3) is 0.176. The lowest BCUT2D eigenvalue weighted by atomic mass is 9.87. The van der Waals surface area contributed by atoms with Gasteiger partial charge in [0, 0.05) is 44.5 Å². The average Bonchev–Trinajstić information content (AvgIpc) is 0.983. The minimum absolute atomic E-state index is 1.02. The Morgan fingerprint density at radius 3 is 0.382 bits per heavy atom. The maximum Gasteiger partial charge on any atom is 0.0403 e. The van der Waals surface area contributed by atoms with E-state index in [4.69, 9.17) is 0 Å². The van der Waals surface area contributed by atoms with Crippen molar-refractivity contribution >= 4 is 199 Å². The summed E-state index contributed by atoms with van der Waals surface area (Å²) in [5.74, 6) is 53.4. The minimum Gasteiger partial charge on any atom is -0.101 e. The zero-order valence-electron chi connectivity index (χ0n) is 80.4. The number of allylic oxidation sites excluding steroid dienone is 8. The summed E-state index contributed by atoms with van der Waals surface area (Å²) in [6.45, 7) is 33.2. The number of benzene rings is 18. The molecule has 644 valence electrons. The summed E-state index contributed by atoms with van der Waals surface area (Å²) in [4.78, 5) is 0. The predicted octanol–water partition coefficient (Wildman–Crippen LogP) is 33.5. The van der Waals surface area contributed by atoms with E-state index in [2.05, 4.69) is 369 Å². The van der Waals surface area contributed by atoms with Crippen molar-refractivity contribution in [1.82, 2.24) is 0 Å². The molecule has 18 aromatic rings. The van der Waals surface area contributed by atoms with E-state index in [1.807, 2.05) is 55.4 Å². The molecule has 0 heterocycles. The number of rotatable bonds is 0. The molecule has 0 amide bonds. The lowest BCUT2D eigenvalue weighted by molar-refractivity contribution is 1.20. The summed E-state index contributed by atoms with van der Waals surface area (Å²) in [6.07, 6.45) is 26.8. The highest BCUT2D eigenvalue weighted by atomic mass is 14.3. The second kappa shape index (κ2) is 33.0. The second-order valence-electron chi connectivity index (χ2n) is 39.3. The predicted molar refractivity (Wildman–Crippen MR) is 590 cm³/mol. The molecule has 0 radical (unpaired) electrons. The van der Waals surface area contributed by atoms with Gasteiger partial charge in [0.15, 0.2) is 0 Å². The average molecular weight is 1730 g/mol. The van der Waals surface area contributed by atoms with Crippen LogP contribution in [-0.4, -0.2) is 0 Å². The van der Waals surface area contributed by atoms with Crippen LogP contribution in [0.25, 0.3) is 199 Å². The number of fused-ring (bicyclic) bond motifs is 22. The highest BCUT2D eigenvalue weighted by molar-refractivity contribution is 6.21. The Labute approximate surface area is 798 Å². The van der Waals surface area contributed by atoms with Crippen molar-refractivity contribution in [3.8, 4) is 94.7 Å². The Hall–Kier alpha value is -16.0. The van der Waals surface area contributed by atoms with Crippen LogP contribution in [0.15, 0.2) is 214 Å². The first kappa shape index (κ1) is 84.3. The van der Waals surface area contributed by atoms with Gasteiger partial charge in [0.2, 0.25) is 0 Å². The molecule has 0 atom stereocenters. The molecule has 0 heteroatoms. The summed E-state index contributed by atoms with van der Waals surface area (Å²) in [5, 5.41) is 34.5. The molecule has 0 aromatic heterocycles. The van der Waals surface area contributed by atoms with E-state index < -0.39 is 0 Å². The molecule has 0 aliphatic heterocycles. The molecule has 0 nitrogen and oxygen atoms in total. The first-order valence-electron chi connectivity index (χ1n) is 47.9. The maximum absolute atomic E-state index is 3.49. The third-order valence-electron chi connectivity index (χ3n) is 29.2. The normalized spacial score (nSPS) is 13.8. The van der Waals surface area contributed by atoms with Gasteiger partial charge in [-0.3, -0.25) is 0 Å². The number of hydrogen-bond acceptors (Lipinski definition) is 0. The molecule has 136 heavy (non-hydrogen) atoms. The van der Waals surface area contributed by atoms with Crippen LogP contribution < -0.4 is 0 Å². The zero-order valence-corrected chi connectivity index (χ0v) is 80.4. The van der Waals surface area contributed by atoms with Gasteiger partial charge in [0.05, 0.1) is 0 Å². The molecule has 0 unspecified atom stereocenters. The third-order valence-corrected chi connectivity index (χ3v) is 29.2. The first-order chi connectivity index (χ1) is 66.1. The van der Waals surface area contributed by atoms with Crippen molar-refractivity contribution in [3.05, 3.63) is 348 Å². The highest BCUT2D eigenvalue weighted by Gasteiger charge is 2.27. The van der Waals surface area contributed by atoms with Gasteiger partial charge in [0.1, 0.15) is 0 Å². The van der Waals surface area contributed by atoms with Crippen molar-refractivity contribution in [2.75, 3.05) is 0 Å². The van der Waals surface area contributed by atoms with Gasteiger partial charge in [-0.15, -0.1) is 47.4 Å². The smallest absolute Gasteiger partial charge is 0.0403 e. The largest absolute Gasteiger partial charge is 0.101 e. The Morgan fingerprint density at radius 1 is 0.132 bits per heavy atom. The molecule has 26 rings (SSSR count). The third kappa shape index (κ3) is 14.3. The van der Waals surface area contributed by atoms with Crippen LogP contribution in [0.1, 0.15) is 244 Å². The zero-order chi connectivity index (χ0) is 93.1. The summed E-state index contributed by atoms with van der Waals surface area (Å²) in [6, 6.07) is 65.7. The quantitative estimate of drug-likeness (QED) is 0.105. The molecule has 0 fully saturated rings. The van der Waals surface area contributed by atoms with Gasteiger partial charge in [0.25, 0.3) is 0 Å². The number of hydrogen-bond donors (Lipinski definition) is 0. The summed E-state index contributed by atoms with van der Waals surface area (Å²) >= 11 is 0. The van der Waals surface area contributed by atoms with Crippen LogP contribution >= 0.6 is 0 Å². The molecular formula is C136H100. The Morgan fingerprint density at radius 2 is 0.243 bits per heavy atom. The van der Waals surface area contributed by atoms with E-state index in [1.54, 1.807) is 0 Å². The highest BCUT2D eigenvalue weighted by Crippen LogP contribution is 2.48. The van der Waals surface area contributed by atoms with E-state index in [0.717, 1.165) is 95.9 Å². The summed E-state index contributed by atoms with van der Waals surface area (Å²) < 4.78 is 0. The monoisotopic (exact) mass is 1730 g/mol. The molecule has 8 aliphatic carbocycles. The van der Waals surface area contributed by atoms with E-state index in [9.17, 15) is 0 Å². The van der Waals surface area contributed by atoms with Crippen LogP contribution in [0.5, 0.6) is 0 Å². The lowest BCUT2D eigenvalue weighted by Gasteiger charge is -2.15. The van der Waals surface area contributed by atoms with Crippen LogP contribution in [0, 0.1) is 94.7 Å². The van der Waals surface area contributed by atoms with E-state index in [1.165, 1.54) is 284 Å². The first-order valence-corrected chi connectivity index (χ1v) is 47.9. The molecule has 0 saturated carbocycles. The fourth-order valence-electron chi connectivity index (χ4n) is 23.6. The minimum atomic E-state index is 1.02. The van der Waals surface area contributed by atoms with Crippen LogP contribution in [0.4, 0.5) is 0 Å². The molecule has 0 saturated heterocycles.